The minimum Gasteiger partial charge on any atom is -0.374 e. The average molecular weight is 395 g/mol. The highest BCUT2D eigenvalue weighted by atomic mass is 16.7. The molecule has 4 rings (SSSR count). The van der Waals surface area contributed by atoms with Crippen LogP contribution < -0.4 is 0 Å². The number of fused-ring (bicyclic) bond motifs is 1. The molecule has 0 spiro atoms. The van der Waals surface area contributed by atoms with Gasteiger partial charge in [-0.25, -0.2) is 0 Å². The lowest BCUT2D eigenvalue weighted by molar-refractivity contribution is -0.183. The molecular weight excluding hydrogens is 364 g/mol. The number of ether oxygens (including phenoxy) is 4. The van der Waals surface area contributed by atoms with Crippen molar-refractivity contribution < 1.29 is 18.9 Å². The third kappa shape index (κ3) is 4.31. The summed E-state index contributed by atoms with van der Waals surface area (Å²) in [4.78, 5) is 0. The minimum absolute atomic E-state index is 0.0871. The van der Waals surface area contributed by atoms with Crippen molar-refractivity contribution >= 4 is 0 Å². The lowest BCUT2D eigenvalue weighted by Crippen LogP contribution is -2.47. The molecule has 0 aromatic heterocycles. The van der Waals surface area contributed by atoms with E-state index >= 15 is 0 Å². The highest BCUT2D eigenvalue weighted by Crippen LogP contribution is 2.51. The van der Waals surface area contributed by atoms with Crippen molar-refractivity contribution in [2.24, 2.45) is 5.92 Å². The zero-order valence-corrected chi connectivity index (χ0v) is 17.3. The van der Waals surface area contributed by atoms with E-state index in [4.69, 9.17) is 18.9 Å². The quantitative estimate of drug-likeness (QED) is 0.598. The molecule has 0 aliphatic carbocycles. The van der Waals surface area contributed by atoms with Crippen molar-refractivity contribution in [3.05, 3.63) is 84.4 Å². The molecule has 2 aliphatic rings. The van der Waals surface area contributed by atoms with E-state index < -0.39 is 5.60 Å². The predicted molar refractivity (Wildman–Crippen MR) is 112 cm³/mol. The van der Waals surface area contributed by atoms with E-state index in [-0.39, 0.29) is 23.9 Å². The van der Waals surface area contributed by atoms with E-state index in [0.29, 0.717) is 19.8 Å². The molecule has 2 aromatic rings. The second kappa shape index (κ2) is 8.41. The molecule has 4 nitrogen and oxygen atoms in total. The summed E-state index contributed by atoms with van der Waals surface area (Å²) in [6.07, 6.45) is 2.19. The first kappa shape index (κ1) is 20.3. The largest absolute Gasteiger partial charge is 0.374 e. The van der Waals surface area contributed by atoms with E-state index in [1.807, 2.05) is 42.5 Å². The Kier molecular flexibility index (Phi) is 5.88. The van der Waals surface area contributed by atoms with E-state index in [0.717, 1.165) is 17.5 Å². The van der Waals surface area contributed by atoms with Crippen LogP contribution in [-0.2, 0) is 32.2 Å². The van der Waals surface area contributed by atoms with Gasteiger partial charge in [-0.3, -0.25) is 0 Å². The van der Waals surface area contributed by atoms with Gasteiger partial charge in [-0.05, 0) is 31.4 Å². The second-order valence-electron chi connectivity index (χ2n) is 8.51. The van der Waals surface area contributed by atoms with Crippen LogP contribution in [-0.4, -0.2) is 30.2 Å². The van der Waals surface area contributed by atoms with E-state index in [1.54, 1.807) is 0 Å². The van der Waals surface area contributed by atoms with Crippen molar-refractivity contribution in [2.75, 3.05) is 6.61 Å². The summed E-state index contributed by atoms with van der Waals surface area (Å²) in [5, 5.41) is 0. The summed E-state index contributed by atoms with van der Waals surface area (Å²) >= 11 is 0. The molecule has 4 atom stereocenters. The van der Waals surface area contributed by atoms with Gasteiger partial charge in [0.1, 0.15) is 11.7 Å². The van der Waals surface area contributed by atoms with Crippen LogP contribution in [0.4, 0.5) is 0 Å². The van der Waals surface area contributed by atoms with Crippen molar-refractivity contribution in [3.63, 3.8) is 0 Å². The van der Waals surface area contributed by atoms with Crippen LogP contribution in [0.15, 0.2) is 73.3 Å². The summed E-state index contributed by atoms with van der Waals surface area (Å²) < 4.78 is 25.0. The topological polar surface area (TPSA) is 36.9 Å². The van der Waals surface area contributed by atoms with Gasteiger partial charge in [-0.15, -0.1) is 6.58 Å². The van der Waals surface area contributed by atoms with Crippen LogP contribution in [0.1, 0.15) is 31.4 Å². The van der Waals surface area contributed by atoms with E-state index in [1.165, 1.54) is 0 Å². The summed E-state index contributed by atoms with van der Waals surface area (Å²) in [6, 6.07) is 20.3. The molecule has 0 amide bonds. The van der Waals surface area contributed by atoms with Crippen molar-refractivity contribution in [2.45, 2.75) is 57.1 Å². The van der Waals surface area contributed by atoms with Crippen LogP contribution in [0.25, 0.3) is 0 Å². The molecule has 4 unspecified atom stereocenters. The third-order valence-electron chi connectivity index (χ3n) is 5.89. The Balaban J connectivity index is 1.49. The average Bonchev–Trinajstić information content (AvgIpc) is 3.18. The number of rotatable bonds is 8. The fourth-order valence-corrected chi connectivity index (χ4v) is 4.42. The SMILES string of the molecule is C=CC1(OCc2ccccc2)C(COCc2ccccc2)OC2OC(C)(C)CC21. The van der Waals surface area contributed by atoms with Gasteiger partial charge in [-0.2, -0.15) is 0 Å². The second-order valence-corrected chi connectivity index (χ2v) is 8.51. The zero-order chi connectivity index (χ0) is 20.3. The zero-order valence-electron chi connectivity index (χ0n) is 17.3. The molecule has 154 valence electrons. The monoisotopic (exact) mass is 394 g/mol. The molecule has 4 heteroatoms. The number of hydrogen-bond acceptors (Lipinski definition) is 4. The van der Waals surface area contributed by atoms with Gasteiger partial charge in [0.2, 0.25) is 0 Å². The van der Waals surface area contributed by atoms with Crippen molar-refractivity contribution in [1.82, 2.24) is 0 Å². The van der Waals surface area contributed by atoms with Gasteiger partial charge in [-0.1, -0.05) is 66.7 Å². The Morgan fingerprint density at radius 2 is 1.62 bits per heavy atom. The Morgan fingerprint density at radius 3 is 2.24 bits per heavy atom. The molecule has 0 saturated carbocycles. The molecule has 2 saturated heterocycles. The van der Waals surface area contributed by atoms with Crippen LogP contribution in [0.3, 0.4) is 0 Å². The standard InChI is InChI=1S/C25H30O4/c1-4-25(27-17-20-13-9-6-10-14-20)21-15-24(2,3)29-23(21)28-22(25)18-26-16-19-11-7-5-8-12-19/h4-14,21-23H,1,15-18H2,2-3H3. The maximum Gasteiger partial charge on any atom is 0.165 e. The lowest BCUT2D eigenvalue weighted by atomic mass is 9.80. The van der Waals surface area contributed by atoms with Gasteiger partial charge < -0.3 is 18.9 Å². The molecule has 0 N–H and O–H groups in total. The molecule has 2 aliphatic heterocycles. The molecule has 29 heavy (non-hydrogen) atoms. The Morgan fingerprint density at radius 1 is 1.00 bits per heavy atom. The van der Waals surface area contributed by atoms with Gasteiger partial charge >= 0.3 is 0 Å². The van der Waals surface area contributed by atoms with Crippen LogP contribution in [0, 0.1) is 5.92 Å². The van der Waals surface area contributed by atoms with Crippen LogP contribution in [0.2, 0.25) is 0 Å². The maximum absolute atomic E-state index is 6.55. The first-order valence-electron chi connectivity index (χ1n) is 10.3. The molecule has 2 fully saturated rings. The van der Waals surface area contributed by atoms with Gasteiger partial charge in [0.25, 0.3) is 0 Å². The first-order chi connectivity index (χ1) is 14.0. The molecule has 2 aromatic carbocycles. The smallest absolute Gasteiger partial charge is 0.165 e. The summed E-state index contributed by atoms with van der Waals surface area (Å²) in [7, 11) is 0. The van der Waals surface area contributed by atoms with Gasteiger partial charge in [0, 0.05) is 5.92 Å². The van der Waals surface area contributed by atoms with Crippen LogP contribution in [0.5, 0.6) is 0 Å². The molecule has 0 radical (unpaired) electrons. The normalized spacial score (nSPS) is 30.2. The predicted octanol–water partition coefficient (Wildman–Crippen LogP) is 4.88. The summed E-state index contributed by atoms with van der Waals surface area (Å²) in [5.74, 6) is 0.0871. The number of hydrogen-bond donors (Lipinski definition) is 0. The maximum atomic E-state index is 6.55. The summed E-state index contributed by atoms with van der Waals surface area (Å²) in [6.45, 7) is 9.79. The van der Waals surface area contributed by atoms with Crippen molar-refractivity contribution in [3.8, 4) is 0 Å². The molecule has 2 heterocycles. The first-order valence-corrected chi connectivity index (χ1v) is 10.3. The Bertz CT molecular complexity index is 804. The van der Waals surface area contributed by atoms with E-state index in [9.17, 15) is 0 Å². The highest BCUT2D eigenvalue weighted by Gasteiger charge is 2.61. The van der Waals surface area contributed by atoms with Gasteiger partial charge in [0.05, 0.1) is 25.4 Å². The molecule has 0 bridgehead atoms. The Labute approximate surface area is 173 Å². The third-order valence-corrected chi connectivity index (χ3v) is 5.89. The number of benzene rings is 2. The fraction of sp³-hybridized carbons (Fsp3) is 0.440. The lowest BCUT2D eigenvalue weighted by Gasteiger charge is -2.36. The van der Waals surface area contributed by atoms with E-state index in [2.05, 4.69) is 44.7 Å². The van der Waals surface area contributed by atoms with Gasteiger partial charge in [0.15, 0.2) is 6.29 Å². The van der Waals surface area contributed by atoms with Crippen molar-refractivity contribution in [1.29, 1.82) is 0 Å². The fourth-order valence-electron chi connectivity index (χ4n) is 4.42. The van der Waals surface area contributed by atoms with Crippen LogP contribution >= 0.6 is 0 Å². The molecular formula is C25H30O4. The minimum atomic E-state index is -0.648. The Hall–Kier alpha value is -1.98. The highest BCUT2D eigenvalue weighted by molar-refractivity contribution is 5.18. The summed E-state index contributed by atoms with van der Waals surface area (Å²) in [5.41, 5.74) is 1.37.